The predicted molar refractivity (Wildman–Crippen MR) is 66.8 cm³/mol. The lowest BCUT2D eigenvalue weighted by atomic mass is 10.1. The molecular formula is C12H16N4O. The maximum atomic E-state index is 5.86. The van der Waals surface area contributed by atoms with Crippen molar-refractivity contribution in [2.24, 2.45) is 0 Å². The Labute approximate surface area is 100 Å². The fourth-order valence-electron chi connectivity index (χ4n) is 1.70. The highest BCUT2D eigenvalue weighted by atomic mass is 16.5. The number of hydrogen-bond acceptors (Lipinski definition) is 4. The van der Waals surface area contributed by atoms with Crippen molar-refractivity contribution in [3.05, 3.63) is 24.3 Å². The Balaban J connectivity index is 2.48. The molecule has 2 rings (SSSR count). The fraction of sp³-hybridized carbons (Fsp3) is 0.333. The molecule has 1 aromatic carbocycles. The maximum Gasteiger partial charge on any atom is 0.174 e. The van der Waals surface area contributed by atoms with E-state index in [-0.39, 0.29) is 6.04 Å². The third-order valence-corrected chi connectivity index (χ3v) is 2.57. The van der Waals surface area contributed by atoms with Gasteiger partial charge >= 0.3 is 0 Å². The number of nitrogens with zero attached hydrogens (tertiary/aromatic N) is 3. The van der Waals surface area contributed by atoms with Crippen molar-refractivity contribution in [1.82, 2.24) is 15.0 Å². The molecule has 2 N–H and O–H groups in total. The molecule has 0 saturated carbocycles. The molecule has 0 aliphatic rings. The Kier molecular flexibility index (Phi) is 2.99. The molecule has 0 bridgehead atoms. The van der Waals surface area contributed by atoms with Gasteiger partial charge in [0, 0.05) is 11.6 Å². The minimum absolute atomic E-state index is 0.219. The first-order valence-corrected chi connectivity index (χ1v) is 5.48. The average molecular weight is 232 g/mol. The van der Waals surface area contributed by atoms with Crippen molar-refractivity contribution in [2.75, 3.05) is 12.8 Å². The summed E-state index contributed by atoms with van der Waals surface area (Å²) in [6.45, 7) is 4.09. The predicted octanol–water partition coefficient (Wildman–Crippen LogP) is 2.12. The standard InChI is InChI=1S/C12H16N4O/c1-8(2)16-11(12(13)14-15-16)9-4-6-10(17-3)7-5-9/h4-8H,13H2,1-3H3. The number of nitrogens with two attached hydrogens (primary N) is 1. The number of aromatic nitrogens is 3. The van der Waals surface area contributed by atoms with Gasteiger partial charge in [0.25, 0.3) is 0 Å². The summed E-state index contributed by atoms with van der Waals surface area (Å²) < 4.78 is 6.94. The number of methoxy groups -OCH3 is 1. The van der Waals surface area contributed by atoms with Gasteiger partial charge < -0.3 is 10.5 Å². The molecule has 1 heterocycles. The summed E-state index contributed by atoms with van der Waals surface area (Å²) in [4.78, 5) is 0. The van der Waals surface area contributed by atoms with Gasteiger partial charge in [-0.2, -0.15) is 0 Å². The van der Waals surface area contributed by atoms with E-state index in [1.807, 2.05) is 42.8 Å². The van der Waals surface area contributed by atoms with E-state index in [4.69, 9.17) is 10.5 Å². The lowest BCUT2D eigenvalue weighted by molar-refractivity contribution is 0.415. The summed E-state index contributed by atoms with van der Waals surface area (Å²) in [6.07, 6.45) is 0. The molecule has 0 aliphatic heterocycles. The second kappa shape index (κ2) is 4.45. The summed E-state index contributed by atoms with van der Waals surface area (Å²) in [5.41, 5.74) is 7.69. The summed E-state index contributed by atoms with van der Waals surface area (Å²) in [5.74, 6) is 1.26. The van der Waals surface area contributed by atoms with Gasteiger partial charge in [-0.25, -0.2) is 4.68 Å². The van der Waals surface area contributed by atoms with E-state index >= 15 is 0 Å². The molecule has 1 aromatic heterocycles. The smallest absolute Gasteiger partial charge is 0.174 e. The lowest BCUT2D eigenvalue weighted by Crippen LogP contribution is -2.05. The van der Waals surface area contributed by atoms with Gasteiger partial charge in [-0.05, 0) is 38.1 Å². The van der Waals surface area contributed by atoms with Gasteiger partial charge in [0.2, 0.25) is 0 Å². The number of hydrogen-bond donors (Lipinski definition) is 1. The van der Waals surface area contributed by atoms with Crippen LogP contribution in [0.3, 0.4) is 0 Å². The quantitative estimate of drug-likeness (QED) is 0.880. The second-order valence-corrected chi connectivity index (χ2v) is 4.09. The highest BCUT2D eigenvalue weighted by molar-refractivity contribution is 5.70. The molecule has 2 aromatic rings. The van der Waals surface area contributed by atoms with E-state index in [9.17, 15) is 0 Å². The van der Waals surface area contributed by atoms with Crippen LogP contribution in [0.25, 0.3) is 11.3 Å². The third kappa shape index (κ3) is 2.08. The van der Waals surface area contributed by atoms with Crippen LogP contribution in [0.2, 0.25) is 0 Å². The Morgan fingerprint density at radius 1 is 1.24 bits per heavy atom. The molecule has 0 radical (unpaired) electrons. The van der Waals surface area contributed by atoms with Crippen molar-refractivity contribution in [1.29, 1.82) is 0 Å². The molecule has 0 atom stereocenters. The number of nitrogen functional groups attached to an aromatic ring is 1. The van der Waals surface area contributed by atoms with E-state index in [0.717, 1.165) is 17.0 Å². The van der Waals surface area contributed by atoms with Gasteiger partial charge in [0.15, 0.2) is 5.82 Å². The molecule has 0 saturated heterocycles. The first kappa shape index (κ1) is 11.4. The van der Waals surface area contributed by atoms with Gasteiger partial charge in [-0.1, -0.05) is 5.21 Å². The van der Waals surface area contributed by atoms with Crippen LogP contribution in [0.4, 0.5) is 5.82 Å². The van der Waals surface area contributed by atoms with Gasteiger partial charge in [0.05, 0.1) is 7.11 Å². The van der Waals surface area contributed by atoms with Crippen LogP contribution in [-0.2, 0) is 0 Å². The summed E-state index contributed by atoms with van der Waals surface area (Å²) in [6, 6.07) is 7.91. The SMILES string of the molecule is COc1ccc(-c2c(N)nnn2C(C)C)cc1. The number of rotatable bonds is 3. The Morgan fingerprint density at radius 3 is 2.41 bits per heavy atom. The van der Waals surface area contributed by atoms with Crippen molar-refractivity contribution in [3.8, 4) is 17.0 Å². The van der Waals surface area contributed by atoms with Crippen LogP contribution in [0.5, 0.6) is 5.75 Å². The van der Waals surface area contributed by atoms with Crippen LogP contribution in [0, 0.1) is 0 Å². The minimum Gasteiger partial charge on any atom is -0.497 e. The molecule has 17 heavy (non-hydrogen) atoms. The number of benzene rings is 1. The second-order valence-electron chi connectivity index (χ2n) is 4.09. The van der Waals surface area contributed by atoms with Crippen molar-refractivity contribution in [3.63, 3.8) is 0 Å². The highest BCUT2D eigenvalue weighted by Gasteiger charge is 2.14. The zero-order valence-corrected chi connectivity index (χ0v) is 10.2. The first-order chi connectivity index (χ1) is 8.13. The van der Waals surface area contributed by atoms with Crippen LogP contribution in [0.15, 0.2) is 24.3 Å². The largest absolute Gasteiger partial charge is 0.497 e. The summed E-state index contributed by atoms with van der Waals surface area (Å²) >= 11 is 0. The van der Waals surface area contributed by atoms with Crippen molar-refractivity contribution in [2.45, 2.75) is 19.9 Å². The van der Waals surface area contributed by atoms with Crippen LogP contribution >= 0.6 is 0 Å². The highest BCUT2D eigenvalue weighted by Crippen LogP contribution is 2.27. The minimum atomic E-state index is 0.219. The molecule has 90 valence electrons. The summed E-state index contributed by atoms with van der Waals surface area (Å²) in [5, 5.41) is 7.96. The zero-order chi connectivity index (χ0) is 12.4. The number of anilines is 1. The Morgan fingerprint density at radius 2 is 1.88 bits per heavy atom. The maximum absolute atomic E-state index is 5.86. The molecule has 5 nitrogen and oxygen atoms in total. The van der Waals surface area contributed by atoms with Crippen LogP contribution in [-0.4, -0.2) is 22.1 Å². The van der Waals surface area contributed by atoms with Crippen LogP contribution in [0.1, 0.15) is 19.9 Å². The van der Waals surface area contributed by atoms with Crippen LogP contribution < -0.4 is 10.5 Å². The Hall–Kier alpha value is -2.04. The van der Waals surface area contributed by atoms with Gasteiger partial charge in [-0.15, -0.1) is 5.10 Å². The first-order valence-electron chi connectivity index (χ1n) is 5.48. The average Bonchev–Trinajstić information content (AvgIpc) is 2.71. The molecule has 5 heteroatoms. The van der Waals surface area contributed by atoms with Gasteiger partial charge in [-0.3, -0.25) is 0 Å². The molecule has 0 unspecified atom stereocenters. The number of ether oxygens (including phenoxy) is 1. The monoisotopic (exact) mass is 232 g/mol. The van der Waals surface area contributed by atoms with Crippen molar-refractivity contribution >= 4 is 5.82 Å². The molecule has 0 fully saturated rings. The van der Waals surface area contributed by atoms with Crippen molar-refractivity contribution < 1.29 is 4.74 Å². The lowest BCUT2D eigenvalue weighted by Gasteiger charge is -2.10. The normalized spacial score (nSPS) is 10.8. The molecular weight excluding hydrogens is 216 g/mol. The molecule has 0 spiro atoms. The summed E-state index contributed by atoms with van der Waals surface area (Å²) in [7, 11) is 1.64. The topological polar surface area (TPSA) is 66.0 Å². The molecule has 0 aliphatic carbocycles. The third-order valence-electron chi connectivity index (χ3n) is 2.57. The fourth-order valence-corrected chi connectivity index (χ4v) is 1.70. The van der Waals surface area contributed by atoms with E-state index in [2.05, 4.69) is 10.3 Å². The van der Waals surface area contributed by atoms with E-state index in [1.165, 1.54) is 0 Å². The van der Waals surface area contributed by atoms with E-state index < -0.39 is 0 Å². The zero-order valence-electron chi connectivity index (χ0n) is 10.2. The Bertz CT molecular complexity index is 502. The molecule has 0 amide bonds. The van der Waals surface area contributed by atoms with E-state index in [1.54, 1.807) is 7.11 Å². The van der Waals surface area contributed by atoms with Gasteiger partial charge in [0.1, 0.15) is 11.4 Å². The van der Waals surface area contributed by atoms with E-state index in [0.29, 0.717) is 5.82 Å².